The van der Waals surface area contributed by atoms with Gasteiger partial charge < -0.3 is 10.8 Å². The molecule has 3 N–H and O–H groups in total. The van der Waals surface area contributed by atoms with Crippen molar-refractivity contribution in [2.75, 3.05) is 0 Å². The molecule has 1 rings (SSSR count). The third kappa shape index (κ3) is 3.41. The van der Waals surface area contributed by atoms with E-state index in [-0.39, 0.29) is 6.42 Å². The Balaban J connectivity index is 3.08. The summed E-state index contributed by atoms with van der Waals surface area (Å²) in [4.78, 5) is 31.2. The Morgan fingerprint density at radius 3 is 2.61 bits per heavy atom. The molecule has 94 valence electrons. The largest absolute Gasteiger partial charge is 0.477 e. The van der Waals surface area contributed by atoms with Crippen LogP contribution in [0.5, 0.6) is 0 Å². The molecule has 0 radical (unpaired) electrons. The van der Waals surface area contributed by atoms with Crippen molar-refractivity contribution in [3.05, 3.63) is 45.5 Å². The summed E-state index contributed by atoms with van der Waals surface area (Å²) in [5.41, 5.74) is 4.49. The molecule has 0 fully saturated rings. The van der Waals surface area contributed by atoms with Crippen LogP contribution in [0.25, 0.3) is 6.08 Å². The Hall–Kier alpha value is -2.70. The SMILES string of the molecule is NC(=O)CC=Cc1ccc([N+](=O)[O-])c(C(=O)O)c1. The number of benzene rings is 1. The van der Waals surface area contributed by atoms with Crippen molar-refractivity contribution in [2.24, 2.45) is 5.73 Å². The minimum atomic E-state index is -1.38. The second-order valence-electron chi connectivity index (χ2n) is 3.41. The van der Waals surface area contributed by atoms with E-state index in [9.17, 15) is 19.7 Å². The lowest BCUT2D eigenvalue weighted by Crippen LogP contribution is -2.07. The molecule has 0 atom stereocenters. The molecule has 7 nitrogen and oxygen atoms in total. The number of aromatic carboxylic acids is 1. The van der Waals surface area contributed by atoms with Crippen LogP contribution in [0.4, 0.5) is 5.69 Å². The van der Waals surface area contributed by atoms with E-state index in [4.69, 9.17) is 10.8 Å². The molecule has 0 aliphatic rings. The standard InChI is InChI=1S/C11H10N2O5/c12-10(14)3-1-2-7-4-5-9(13(17)18)8(6-7)11(15)16/h1-2,4-6H,3H2,(H2,12,14)(H,15,16). The minimum absolute atomic E-state index is 0.0133. The summed E-state index contributed by atoms with van der Waals surface area (Å²) in [6.07, 6.45) is 2.94. The molecule has 0 saturated heterocycles. The van der Waals surface area contributed by atoms with E-state index < -0.39 is 28.1 Å². The van der Waals surface area contributed by atoms with Crippen LogP contribution in [0.2, 0.25) is 0 Å². The molecule has 0 aliphatic heterocycles. The smallest absolute Gasteiger partial charge is 0.342 e. The van der Waals surface area contributed by atoms with Crippen LogP contribution in [0.15, 0.2) is 24.3 Å². The maximum atomic E-state index is 10.9. The summed E-state index contributed by atoms with van der Waals surface area (Å²) >= 11 is 0. The summed E-state index contributed by atoms with van der Waals surface area (Å²) in [6, 6.07) is 3.66. The molecule has 0 aliphatic carbocycles. The van der Waals surface area contributed by atoms with Gasteiger partial charge in [-0.05, 0) is 17.7 Å². The molecule has 1 aromatic carbocycles. The predicted molar refractivity (Wildman–Crippen MR) is 62.9 cm³/mol. The number of nitro groups is 1. The van der Waals surface area contributed by atoms with E-state index in [1.807, 2.05) is 0 Å². The Morgan fingerprint density at radius 2 is 2.11 bits per heavy atom. The lowest BCUT2D eigenvalue weighted by molar-refractivity contribution is -0.385. The topological polar surface area (TPSA) is 124 Å². The van der Waals surface area contributed by atoms with Crippen LogP contribution in [0.1, 0.15) is 22.3 Å². The van der Waals surface area contributed by atoms with Crippen molar-refractivity contribution < 1.29 is 19.6 Å². The van der Waals surface area contributed by atoms with Crippen LogP contribution in [-0.2, 0) is 4.79 Å². The Kier molecular flexibility index (Phi) is 4.14. The summed E-state index contributed by atoms with van der Waals surface area (Å²) < 4.78 is 0. The highest BCUT2D eigenvalue weighted by Gasteiger charge is 2.19. The highest BCUT2D eigenvalue weighted by molar-refractivity contribution is 5.93. The van der Waals surface area contributed by atoms with Gasteiger partial charge in [-0.3, -0.25) is 14.9 Å². The fourth-order valence-electron chi connectivity index (χ4n) is 1.30. The zero-order valence-corrected chi connectivity index (χ0v) is 9.20. The summed E-state index contributed by atoms with van der Waals surface area (Å²) in [5.74, 6) is -1.90. The van der Waals surface area contributed by atoms with Gasteiger partial charge in [-0.25, -0.2) is 4.79 Å². The number of carboxylic acids is 1. The molecule has 18 heavy (non-hydrogen) atoms. The first kappa shape index (κ1) is 13.4. The average molecular weight is 250 g/mol. The number of carboxylic acid groups (broad SMARTS) is 1. The van der Waals surface area contributed by atoms with Gasteiger partial charge in [0.25, 0.3) is 5.69 Å². The predicted octanol–water partition coefficient (Wildman–Crippen LogP) is 1.18. The molecule has 0 bridgehead atoms. The fourth-order valence-corrected chi connectivity index (χ4v) is 1.30. The van der Waals surface area contributed by atoms with Crippen molar-refractivity contribution in [1.29, 1.82) is 0 Å². The van der Waals surface area contributed by atoms with Crippen molar-refractivity contribution in [1.82, 2.24) is 0 Å². The van der Waals surface area contributed by atoms with Gasteiger partial charge in [0, 0.05) is 12.5 Å². The highest BCUT2D eigenvalue weighted by Crippen LogP contribution is 2.20. The maximum absolute atomic E-state index is 10.9. The monoisotopic (exact) mass is 250 g/mol. The first-order chi connectivity index (χ1) is 8.41. The zero-order valence-electron chi connectivity index (χ0n) is 9.20. The molecule has 0 saturated carbocycles. The number of hydrogen-bond donors (Lipinski definition) is 2. The maximum Gasteiger partial charge on any atom is 0.342 e. The normalized spacial score (nSPS) is 10.4. The number of nitrogens with two attached hydrogens (primary N) is 1. The highest BCUT2D eigenvalue weighted by atomic mass is 16.6. The fraction of sp³-hybridized carbons (Fsp3) is 0.0909. The van der Waals surface area contributed by atoms with Gasteiger partial charge >= 0.3 is 5.97 Å². The number of carbonyl (C=O) groups is 2. The van der Waals surface area contributed by atoms with Crippen LogP contribution in [0, 0.1) is 10.1 Å². The molecule has 7 heteroatoms. The molecule has 1 amide bonds. The Labute approximate surface area is 102 Å². The second-order valence-corrected chi connectivity index (χ2v) is 3.41. The van der Waals surface area contributed by atoms with Gasteiger partial charge in [0.05, 0.1) is 4.92 Å². The van der Waals surface area contributed by atoms with Crippen LogP contribution in [-0.4, -0.2) is 21.9 Å². The van der Waals surface area contributed by atoms with E-state index >= 15 is 0 Å². The number of nitrogens with zero attached hydrogens (tertiary/aromatic N) is 1. The van der Waals surface area contributed by atoms with Crippen molar-refractivity contribution in [3.63, 3.8) is 0 Å². The Bertz CT molecular complexity index is 536. The molecular weight excluding hydrogens is 240 g/mol. The van der Waals surface area contributed by atoms with Crippen molar-refractivity contribution in [2.45, 2.75) is 6.42 Å². The molecular formula is C11H10N2O5. The first-order valence-corrected chi connectivity index (χ1v) is 4.88. The third-order valence-corrected chi connectivity index (χ3v) is 2.08. The van der Waals surface area contributed by atoms with E-state index in [1.165, 1.54) is 18.2 Å². The number of rotatable bonds is 5. The molecule has 0 unspecified atom stereocenters. The lowest BCUT2D eigenvalue weighted by atomic mass is 10.1. The lowest BCUT2D eigenvalue weighted by Gasteiger charge is -1.99. The van der Waals surface area contributed by atoms with E-state index in [2.05, 4.69) is 0 Å². The molecule has 0 aromatic heterocycles. The quantitative estimate of drug-likeness (QED) is 0.599. The van der Waals surface area contributed by atoms with Gasteiger partial charge in [0.1, 0.15) is 5.56 Å². The van der Waals surface area contributed by atoms with Gasteiger partial charge in [0.15, 0.2) is 0 Å². The van der Waals surface area contributed by atoms with Gasteiger partial charge in [-0.15, -0.1) is 0 Å². The number of nitro benzene ring substituents is 1. The minimum Gasteiger partial charge on any atom is -0.477 e. The van der Waals surface area contributed by atoms with Crippen LogP contribution < -0.4 is 5.73 Å². The van der Waals surface area contributed by atoms with Crippen LogP contribution >= 0.6 is 0 Å². The molecule has 0 spiro atoms. The van der Waals surface area contributed by atoms with Gasteiger partial charge in [-0.1, -0.05) is 12.2 Å². The molecule has 1 aromatic rings. The summed E-state index contributed by atoms with van der Waals surface area (Å²) in [6.45, 7) is 0. The van der Waals surface area contributed by atoms with Crippen molar-refractivity contribution >= 4 is 23.6 Å². The summed E-state index contributed by atoms with van der Waals surface area (Å²) in [5, 5.41) is 19.5. The van der Waals surface area contributed by atoms with Gasteiger partial charge in [-0.2, -0.15) is 0 Å². The van der Waals surface area contributed by atoms with E-state index in [1.54, 1.807) is 0 Å². The van der Waals surface area contributed by atoms with Gasteiger partial charge in [0.2, 0.25) is 5.91 Å². The Morgan fingerprint density at radius 1 is 1.44 bits per heavy atom. The number of primary amides is 1. The van der Waals surface area contributed by atoms with E-state index in [0.29, 0.717) is 5.56 Å². The number of amides is 1. The molecule has 0 heterocycles. The summed E-state index contributed by atoms with van der Waals surface area (Å²) in [7, 11) is 0. The van der Waals surface area contributed by atoms with E-state index in [0.717, 1.165) is 12.1 Å². The third-order valence-electron chi connectivity index (χ3n) is 2.08. The zero-order chi connectivity index (χ0) is 13.7. The van der Waals surface area contributed by atoms with Crippen LogP contribution in [0.3, 0.4) is 0 Å². The average Bonchev–Trinajstić information content (AvgIpc) is 2.28. The number of carbonyl (C=O) groups excluding carboxylic acids is 1. The second kappa shape index (κ2) is 5.58. The first-order valence-electron chi connectivity index (χ1n) is 4.88. The van der Waals surface area contributed by atoms with Crippen molar-refractivity contribution in [3.8, 4) is 0 Å². The number of hydrogen-bond acceptors (Lipinski definition) is 4.